The molecule has 1 aliphatic rings. The number of methoxy groups -OCH3 is 1. The summed E-state index contributed by atoms with van der Waals surface area (Å²) in [6.07, 6.45) is 3.76. The number of nitrogens with zero attached hydrogens (tertiary/aromatic N) is 2. The Morgan fingerprint density at radius 1 is 0.976 bits per heavy atom. The number of rotatable bonds is 11. The average molecular weight is 653 g/mol. The van der Waals surface area contributed by atoms with Gasteiger partial charge in [0.25, 0.3) is 10.0 Å². The fraction of sp³-hybridized carbons (Fsp3) is 0.333. The van der Waals surface area contributed by atoms with E-state index in [1.54, 1.807) is 49.4 Å². The normalized spacial score (nSPS) is 14.3. The van der Waals surface area contributed by atoms with Gasteiger partial charge in [0.2, 0.25) is 11.8 Å². The molecule has 12 heteroatoms. The van der Waals surface area contributed by atoms with E-state index >= 15 is 0 Å². The number of benzene rings is 3. The van der Waals surface area contributed by atoms with E-state index in [0.29, 0.717) is 15.6 Å². The molecule has 0 heterocycles. The summed E-state index contributed by atoms with van der Waals surface area (Å²) in [6, 6.07) is 16.2. The van der Waals surface area contributed by atoms with Gasteiger partial charge in [-0.25, -0.2) is 8.42 Å². The zero-order valence-electron chi connectivity index (χ0n) is 23.2. The van der Waals surface area contributed by atoms with Crippen molar-refractivity contribution >= 4 is 62.3 Å². The summed E-state index contributed by atoms with van der Waals surface area (Å²) in [5.74, 6) is -0.808. The number of sulfonamides is 1. The van der Waals surface area contributed by atoms with Crippen LogP contribution in [0.1, 0.15) is 38.2 Å². The first-order valence-corrected chi connectivity index (χ1v) is 16.0. The van der Waals surface area contributed by atoms with Gasteiger partial charge in [-0.1, -0.05) is 71.9 Å². The minimum absolute atomic E-state index is 0.0199. The molecule has 0 radical (unpaired) electrons. The number of halogens is 3. The van der Waals surface area contributed by atoms with E-state index in [1.165, 1.54) is 36.3 Å². The fourth-order valence-corrected chi connectivity index (χ4v) is 7.04. The zero-order chi connectivity index (χ0) is 30.4. The number of hydrogen-bond acceptors (Lipinski definition) is 5. The third-order valence-electron chi connectivity index (χ3n) is 7.28. The molecule has 0 unspecified atom stereocenters. The van der Waals surface area contributed by atoms with Crippen molar-refractivity contribution in [2.75, 3.05) is 18.0 Å². The summed E-state index contributed by atoms with van der Waals surface area (Å²) < 4.78 is 34.4. The molecule has 42 heavy (non-hydrogen) atoms. The van der Waals surface area contributed by atoms with Gasteiger partial charge < -0.3 is 15.0 Å². The van der Waals surface area contributed by atoms with Crippen LogP contribution < -0.4 is 14.4 Å². The third-order valence-corrected chi connectivity index (χ3v) is 10.00. The molecule has 3 aromatic rings. The van der Waals surface area contributed by atoms with Gasteiger partial charge in [0.1, 0.15) is 18.3 Å². The molecule has 1 N–H and O–H groups in total. The Hall–Kier alpha value is -2.98. The van der Waals surface area contributed by atoms with Gasteiger partial charge in [-0.15, -0.1) is 0 Å². The molecule has 1 saturated carbocycles. The second kappa shape index (κ2) is 14.0. The lowest BCUT2D eigenvalue weighted by molar-refractivity contribution is -0.139. The molecular weight excluding hydrogens is 621 g/mol. The number of carbonyl (C=O) groups excluding carboxylic acids is 2. The van der Waals surface area contributed by atoms with Crippen molar-refractivity contribution in [2.45, 2.75) is 56.1 Å². The van der Waals surface area contributed by atoms with E-state index in [-0.39, 0.29) is 39.8 Å². The lowest BCUT2D eigenvalue weighted by atomic mass is 10.1. The molecule has 1 fully saturated rings. The highest BCUT2D eigenvalue weighted by atomic mass is 35.5. The molecule has 0 saturated heterocycles. The highest BCUT2D eigenvalue weighted by Gasteiger charge is 2.35. The van der Waals surface area contributed by atoms with Crippen LogP contribution in [-0.2, 0) is 26.2 Å². The van der Waals surface area contributed by atoms with E-state index in [9.17, 15) is 18.0 Å². The predicted octanol–water partition coefficient (Wildman–Crippen LogP) is 6.33. The summed E-state index contributed by atoms with van der Waals surface area (Å²) in [5, 5.41) is 3.90. The van der Waals surface area contributed by atoms with Crippen LogP contribution in [0.25, 0.3) is 0 Å². The van der Waals surface area contributed by atoms with E-state index < -0.39 is 28.5 Å². The molecule has 0 bridgehead atoms. The maximum atomic E-state index is 14.2. The maximum absolute atomic E-state index is 14.2. The van der Waals surface area contributed by atoms with E-state index in [2.05, 4.69) is 5.32 Å². The molecule has 4 rings (SSSR count). The molecule has 3 aromatic carbocycles. The first kappa shape index (κ1) is 31.9. The van der Waals surface area contributed by atoms with Gasteiger partial charge in [-0.2, -0.15) is 0 Å². The van der Waals surface area contributed by atoms with E-state index in [1.807, 2.05) is 0 Å². The van der Waals surface area contributed by atoms with Crippen molar-refractivity contribution in [1.29, 1.82) is 0 Å². The van der Waals surface area contributed by atoms with Crippen molar-refractivity contribution < 1.29 is 22.7 Å². The van der Waals surface area contributed by atoms with Crippen LogP contribution in [0.2, 0.25) is 15.1 Å². The van der Waals surface area contributed by atoms with E-state index in [4.69, 9.17) is 39.5 Å². The fourth-order valence-electron chi connectivity index (χ4n) is 4.92. The van der Waals surface area contributed by atoms with Gasteiger partial charge in [0, 0.05) is 33.2 Å². The van der Waals surface area contributed by atoms with Gasteiger partial charge in [-0.05, 0) is 62.2 Å². The minimum Gasteiger partial charge on any atom is -0.495 e. The highest BCUT2D eigenvalue weighted by Crippen LogP contribution is 2.35. The summed E-state index contributed by atoms with van der Waals surface area (Å²) in [6.45, 7) is 0.822. The summed E-state index contributed by atoms with van der Waals surface area (Å²) >= 11 is 19.2. The minimum atomic E-state index is -4.29. The lowest BCUT2D eigenvalue weighted by Crippen LogP contribution is -2.52. The number of ether oxygens (including phenoxy) is 1. The number of hydrogen-bond donors (Lipinski definition) is 1. The standard InChI is InChI=1S/C30H32Cl3N3O5S/c1-20(30(38)34-22-9-6-7-10-22)35(18-24-25(32)13-8-14-26(24)33)29(37)19-36(27-17-21(31)15-16-28(27)41-2)42(39,40)23-11-4-3-5-12-23/h3-5,8,11-17,20,22H,6-7,9-10,18-19H2,1-2H3,(H,34,38)/t20-/m0/s1. The third kappa shape index (κ3) is 7.32. The number of nitrogens with one attached hydrogen (secondary N) is 1. The van der Waals surface area contributed by atoms with Crippen molar-refractivity contribution in [3.05, 3.63) is 87.4 Å². The van der Waals surface area contributed by atoms with Gasteiger partial charge in [0.05, 0.1) is 17.7 Å². The molecular formula is C30H32Cl3N3O5S. The Kier molecular flexibility index (Phi) is 10.6. The number of carbonyl (C=O) groups is 2. The van der Waals surface area contributed by atoms with Crippen LogP contribution in [0.15, 0.2) is 71.6 Å². The van der Waals surface area contributed by atoms with Gasteiger partial charge >= 0.3 is 0 Å². The summed E-state index contributed by atoms with van der Waals surface area (Å²) in [4.78, 5) is 28.8. The molecule has 1 atom stereocenters. The summed E-state index contributed by atoms with van der Waals surface area (Å²) in [7, 11) is -2.90. The molecule has 224 valence electrons. The average Bonchev–Trinajstić information content (AvgIpc) is 3.48. The Morgan fingerprint density at radius 3 is 2.24 bits per heavy atom. The Bertz CT molecular complexity index is 1510. The number of amides is 2. The van der Waals surface area contributed by atoms with Crippen LogP contribution in [0, 0.1) is 0 Å². The van der Waals surface area contributed by atoms with Gasteiger partial charge in [-0.3, -0.25) is 13.9 Å². The van der Waals surface area contributed by atoms with Crippen molar-refractivity contribution in [3.8, 4) is 5.75 Å². The Morgan fingerprint density at radius 2 is 1.62 bits per heavy atom. The van der Waals surface area contributed by atoms with Crippen molar-refractivity contribution in [2.24, 2.45) is 0 Å². The first-order valence-electron chi connectivity index (χ1n) is 13.5. The smallest absolute Gasteiger partial charge is 0.264 e. The summed E-state index contributed by atoms with van der Waals surface area (Å²) in [5.41, 5.74) is 0.508. The predicted molar refractivity (Wildman–Crippen MR) is 166 cm³/mol. The van der Waals surface area contributed by atoms with Crippen LogP contribution in [-0.4, -0.2) is 50.9 Å². The largest absolute Gasteiger partial charge is 0.495 e. The highest BCUT2D eigenvalue weighted by molar-refractivity contribution is 7.92. The Balaban J connectivity index is 1.76. The Labute approximate surface area is 261 Å². The first-order chi connectivity index (χ1) is 20.0. The van der Waals surface area contributed by atoms with Crippen molar-refractivity contribution in [3.63, 3.8) is 0 Å². The molecule has 0 spiro atoms. The molecule has 1 aliphatic carbocycles. The molecule has 8 nitrogen and oxygen atoms in total. The second-order valence-corrected chi connectivity index (χ2v) is 13.1. The van der Waals surface area contributed by atoms with Crippen LogP contribution in [0.4, 0.5) is 5.69 Å². The molecule has 0 aromatic heterocycles. The SMILES string of the molecule is COc1ccc(Cl)cc1N(CC(=O)N(Cc1c(Cl)cccc1Cl)[C@@H](C)C(=O)NC1CCCC1)S(=O)(=O)c1ccccc1. The quantitative estimate of drug-likeness (QED) is 0.261. The van der Waals surface area contributed by atoms with Gasteiger partial charge in [0.15, 0.2) is 0 Å². The maximum Gasteiger partial charge on any atom is 0.264 e. The lowest BCUT2D eigenvalue weighted by Gasteiger charge is -2.33. The topological polar surface area (TPSA) is 96.0 Å². The monoisotopic (exact) mass is 651 g/mol. The zero-order valence-corrected chi connectivity index (χ0v) is 26.3. The molecule has 2 amide bonds. The van der Waals surface area contributed by atoms with Crippen LogP contribution in [0.5, 0.6) is 5.75 Å². The number of anilines is 1. The second-order valence-electron chi connectivity index (χ2n) is 10.0. The van der Waals surface area contributed by atoms with Crippen LogP contribution >= 0.6 is 34.8 Å². The van der Waals surface area contributed by atoms with E-state index in [0.717, 1.165) is 30.0 Å². The molecule has 0 aliphatic heterocycles. The van der Waals surface area contributed by atoms with Crippen molar-refractivity contribution in [1.82, 2.24) is 10.2 Å². The van der Waals surface area contributed by atoms with Crippen LogP contribution in [0.3, 0.4) is 0 Å².